The van der Waals surface area contributed by atoms with Gasteiger partial charge in [0.15, 0.2) is 5.36 Å². The molecule has 1 fully saturated rings. The van der Waals surface area contributed by atoms with Crippen molar-refractivity contribution >= 4 is 23.2 Å². The average Bonchev–Trinajstić information content (AvgIpc) is 3.91. The number of rotatable bonds is 19. The van der Waals surface area contributed by atoms with E-state index < -0.39 is 46.8 Å². The van der Waals surface area contributed by atoms with Crippen molar-refractivity contribution in [1.82, 2.24) is 15.6 Å². The Kier molecular flexibility index (Phi) is 9.64. The smallest absolute Gasteiger partial charge is 0.296 e. The van der Waals surface area contributed by atoms with Crippen molar-refractivity contribution in [2.75, 3.05) is 44.8 Å². The van der Waals surface area contributed by atoms with Crippen LogP contribution in [0.2, 0.25) is 0 Å². The number of amides is 2. The second-order valence-corrected chi connectivity index (χ2v) is 12.4. The van der Waals surface area contributed by atoms with Gasteiger partial charge in [0.2, 0.25) is 5.91 Å². The van der Waals surface area contributed by atoms with Gasteiger partial charge in [0.25, 0.3) is 11.6 Å². The summed E-state index contributed by atoms with van der Waals surface area (Å²) in [5.41, 5.74) is -1.58. The molecule has 1 aliphatic heterocycles. The van der Waals surface area contributed by atoms with E-state index in [-0.39, 0.29) is 68.0 Å². The third-order valence-electron chi connectivity index (χ3n) is 8.88. The van der Waals surface area contributed by atoms with Crippen molar-refractivity contribution in [1.29, 1.82) is 0 Å². The Balaban J connectivity index is 1.07. The molecule has 2 aromatic carbocycles. The molecule has 1 saturated carbocycles. The highest BCUT2D eigenvalue weighted by atomic mass is 19.1. The molecule has 1 aromatic heterocycles. The van der Waals surface area contributed by atoms with Crippen molar-refractivity contribution in [3.05, 3.63) is 97.7 Å². The first-order valence-corrected chi connectivity index (χ1v) is 17.0. The number of benzene rings is 2. The van der Waals surface area contributed by atoms with E-state index in [0.29, 0.717) is 25.2 Å². The minimum atomic E-state index is -3.21. The van der Waals surface area contributed by atoms with E-state index in [1.807, 2.05) is 19.9 Å². The van der Waals surface area contributed by atoms with Crippen molar-refractivity contribution < 1.29 is 36.6 Å². The van der Waals surface area contributed by atoms with Crippen LogP contribution in [0.3, 0.4) is 0 Å². The normalized spacial score (nSPS) is 16.8. The van der Waals surface area contributed by atoms with Gasteiger partial charge in [-0.3, -0.25) is 24.7 Å². The number of nitrogens with one attached hydrogen (secondary N) is 3. The monoisotopic (exact) mass is 709 g/mol. The molecular weight excluding hydrogens is 657 g/mol. The van der Waals surface area contributed by atoms with Crippen LogP contribution in [0.1, 0.15) is 94.7 Å². The number of carbonyl (C=O) groups excluding carboxylic acids is 2. The van der Waals surface area contributed by atoms with Gasteiger partial charge in [-0.15, -0.1) is 0 Å². The SMILES string of the molecule is [2H]C([2H])([2H])C1(C([2H])([2H])[2H])N=c2c(NCCOCCOCCNC(=O)C(CC)(CC)NC(=O)c3ccc(C4CC4)c(Cc4ccc(F)cc4)n3)ccc([N+](=O)[O-])c2=N1. The van der Waals surface area contributed by atoms with Crippen LogP contribution in [-0.4, -0.2) is 72.4 Å². The molecule has 0 atom stereocenters. The zero-order valence-electron chi connectivity index (χ0n) is 34.6. The van der Waals surface area contributed by atoms with Crippen LogP contribution >= 0.6 is 0 Å². The molecule has 0 radical (unpaired) electrons. The molecule has 51 heavy (non-hydrogen) atoms. The Morgan fingerprint density at radius 1 is 0.980 bits per heavy atom. The molecule has 0 unspecified atom stereocenters. The summed E-state index contributed by atoms with van der Waals surface area (Å²) in [4.78, 5) is 50.2. The van der Waals surface area contributed by atoms with Crippen molar-refractivity contribution in [3.8, 4) is 0 Å². The topological polar surface area (TPSA) is 169 Å². The fourth-order valence-electron chi connectivity index (χ4n) is 5.84. The van der Waals surface area contributed by atoms with Crippen LogP contribution in [0.25, 0.3) is 0 Å². The molecule has 2 amide bonds. The summed E-state index contributed by atoms with van der Waals surface area (Å²) >= 11 is 0. The standard InChI is InChI=1S/C37H46FN7O6/c1-5-37(6-2,44-34(46)29-14-13-27(25-9-10-25)30(41-29)23-24-7-11-26(38)12-8-24)35(47)40-18-20-51-22-21-50-19-17-39-28-15-16-31(45(48)49)33-32(28)42-36(3,4)43-33/h7-8,11-16,25,39H,5-6,9-10,17-23H2,1-4H3,(H,40,47)(H,44,46)/i3D3,4D3. The van der Waals surface area contributed by atoms with Gasteiger partial charge >= 0.3 is 0 Å². The minimum Gasteiger partial charge on any atom is -0.381 e. The Morgan fingerprint density at radius 3 is 2.31 bits per heavy atom. The zero-order chi connectivity index (χ0) is 41.6. The first kappa shape index (κ1) is 29.9. The van der Waals surface area contributed by atoms with Crippen molar-refractivity contribution in [3.63, 3.8) is 0 Å². The van der Waals surface area contributed by atoms with Gasteiger partial charge in [-0.2, -0.15) is 0 Å². The van der Waals surface area contributed by atoms with Crippen LogP contribution in [0.4, 0.5) is 15.8 Å². The van der Waals surface area contributed by atoms with E-state index >= 15 is 0 Å². The Bertz CT molecular complexity index is 2060. The highest BCUT2D eigenvalue weighted by Gasteiger charge is 2.37. The number of aromatic nitrogens is 1. The predicted molar refractivity (Wildman–Crippen MR) is 189 cm³/mol. The van der Waals surface area contributed by atoms with Crippen LogP contribution < -0.4 is 26.7 Å². The lowest BCUT2D eigenvalue weighted by Crippen LogP contribution is -2.58. The number of fused-ring (bicyclic) bond motifs is 1. The lowest BCUT2D eigenvalue weighted by Gasteiger charge is -2.31. The number of nitro benzene ring substituents is 1. The molecular formula is C37H46FN7O6. The number of hydrogen-bond acceptors (Lipinski definition) is 10. The molecule has 2 heterocycles. The minimum absolute atomic E-state index is 0.133. The highest BCUT2D eigenvalue weighted by Crippen LogP contribution is 2.41. The first-order valence-electron chi connectivity index (χ1n) is 20.0. The van der Waals surface area contributed by atoms with Crippen molar-refractivity contribution in [2.24, 2.45) is 9.98 Å². The maximum atomic E-state index is 13.5. The summed E-state index contributed by atoms with van der Waals surface area (Å²) in [7, 11) is 0. The van der Waals surface area contributed by atoms with Gasteiger partial charge < -0.3 is 25.4 Å². The molecule has 5 rings (SSSR count). The molecule has 13 nitrogen and oxygen atoms in total. The number of nitro groups is 1. The maximum Gasteiger partial charge on any atom is 0.296 e. The Labute approximate surface area is 304 Å². The summed E-state index contributed by atoms with van der Waals surface area (Å²) in [6, 6.07) is 12.2. The van der Waals surface area contributed by atoms with Gasteiger partial charge in [0, 0.05) is 39.5 Å². The quantitative estimate of drug-likeness (QED) is 0.0948. The number of nitrogens with zero attached hydrogens (tertiary/aromatic N) is 4. The summed E-state index contributed by atoms with van der Waals surface area (Å²) in [5.74, 6) is -0.773. The highest BCUT2D eigenvalue weighted by molar-refractivity contribution is 5.98. The van der Waals surface area contributed by atoms with E-state index in [1.165, 1.54) is 18.2 Å². The van der Waals surface area contributed by atoms with Gasteiger partial charge in [-0.25, -0.2) is 14.4 Å². The number of anilines is 1. The molecule has 3 N–H and O–H groups in total. The summed E-state index contributed by atoms with van der Waals surface area (Å²) in [6.07, 6.45) is 3.21. The predicted octanol–water partition coefficient (Wildman–Crippen LogP) is 4.14. The second kappa shape index (κ2) is 16.5. The molecule has 2 aliphatic rings. The van der Waals surface area contributed by atoms with Crippen LogP contribution in [0.5, 0.6) is 0 Å². The van der Waals surface area contributed by atoms with E-state index in [1.54, 1.807) is 18.2 Å². The fourth-order valence-corrected chi connectivity index (χ4v) is 5.84. The molecule has 14 heteroatoms. The van der Waals surface area contributed by atoms with Gasteiger partial charge in [0.05, 0.1) is 37.0 Å². The molecule has 272 valence electrons. The van der Waals surface area contributed by atoms with E-state index in [9.17, 15) is 24.1 Å². The largest absolute Gasteiger partial charge is 0.381 e. The third kappa shape index (κ3) is 9.50. The molecule has 3 aromatic rings. The number of pyridine rings is 1. The molecule has 1 aliphatic carbocycles. The average molecular weight is 710 g/mol. The van der Waals surface area contributed by atoms with Crippen LogP contribution in [-0.2, 0) is 20.7 Å². The van der Waals surface area contributed by atoms with Crippen LogP contribution in [0, 0.1) is 15.9 Å². The second-order valence-electron chi connectivity index (χ2n) is 12.4. The zero-order valence-corrected chi connectivity index (χ0v) is 28.6. The summed E-state index contributed by atoms with van der Waals surface area (Å²) in [5, 5.41) is 19.7. The number of carbonyl (C=O) groups is 2. The molecule has 0 spiro atoms. The number of halogens is 1. The molecule has 0 saturated heterocycles. The van der Waals surface area contributed by atoms with Crippen molar-refractivity contribution in [2.45, 2.75) is 76.8 Å². The van der Waals surface area contributed by atoms with E-state index in [0.717, 1.165) is 35.7 Å². The van der Waals surface area contributed by atoms with Gasteiger partial charge in [-0.05, 0) is 80.7 Å². The summed E-state index contributed by atoms with van der Waals surface area (Å²) in [6.45, 7) is -1.81. The molecule has 0 bridgehead atoms. The summed E-state index contributed by atoms with van der Waals surface area (Å²) < 4.78 is 71.6. The number of ether oxygens (including phenoxy) is 2. The lowest BCUT2D eigenvalue weighted by molar-refractivity contribution is -0.386. The third-order valence-corrected chi connectivity index (χ3v) is 8.88. The first-order chi connectivity index (χ1) is 26.9. The number of non-ortho nitro benzene ring substituents is 1. The Hall–Kier alpha value is -4.82. The van der Waals surface area contributed by atoms with Crippen LogP contribution in [0.15, 0.2) is 58.5 Å². The van der Waals surface area contributed by atoms with Gasteiger partial charge in [0.1, 0.15) is 28.1 Å². The lowest BCUT2D eigenvalue weighted by atomic mass is 9.91. The fraction of sp³-hybridized carbons (Fsp3) is 0.486. The van der Waals surface area contributed by atoms with E-state index in [2.05, 4.69) is 25.9 Å². The Morgan fingerprint density at radius 2 is 1.67 bits per heavy atom. The maximum absolute atomic E-state index is 13.5. The number of hydrogen-bond donors (Lipinski definition) is 3. The van der Waals surface area contributed by atoms with E-state index in [4.69, 9.17) is 22.7 Å². The van der Waals surface area contributed by atoms with Gasteiger partial charge in [-0.1, -0.05) is 32.0 Å².